The third-order valence-corrected chi connectivity index (χ3v) is 3.63. The zero-order valence-corrected chi connectivity index (χ0v) is 12.6. The van der Waals surface area contributed by atoms with Crippen LogP contribution in [-0.2, 0) is 11.2 Å². The van der Waals surface area contributed by atoms with E-state index in [0.29, 0.717) is 6.42 Å². The molecule has 0 unspecified atom stereocenters. The third-order valence-electron chi connectivity index (χ3n) is 3.63. The Balaban J connectivity index is 1.74. The number of aromatic nitrogens is 2. The quantitative estimate of drug-likeness (QED) is 0.502. The van der Waals surface area contributed by atoms with Crippen molar-refractivity contribution < 1.29 is 4.79 Å². The van der Waals surface area contributed by atoms with Gasteiger partial charge in [0.1, 0.15) is 0 Å². The molecule has 1 aromatic carbocycles. The van der Waals surface area contributed by atoms with Crippen LogP contribution in [0, 0.1) is 13.8 Å². The van der Waals surface area contributed by atoms with Crippen molar-refractivity contribution in [3.8, 4) is 0 Å². The van der Waals surface area contributed by atoms with Crippen LogP contribution >= 0.6 is 0 Å². The molecule has 1 amide bonds. The molecule has 3 aromatic rings. The van der Waals surface area contributed by atoms with Crippen molar-refractivity contribution in [1.29, 1.82) is 0 Å². The highest BCUT2D eigenvalue weighted by molar-refractivity contribution is 5.90. The number of H-pyrrole nitrogens is 2. The number of hydrogen-bond donors (Lipinski definition) is 3. The molecule has 5 heteroatoms. The average molecular weight is 294 g/mol. The summed E-state index contributed by atoms with van der Waals surface area (Å²) in [6.07, 6.45) is 3.70. The molecule has 0 aliphatic rings. The number of fused-ring (bicyclic) bond motifs is 1. The monoisotopic (exact) mass is 294 g/mol. The van der Waals surface area contributed by atoms with E-state index in [-0.39, 0.29) is 5.91 Å². The van der Waals surface area contributed by atoms with Crippen LogP contribution < -0.4 is 5.43 Å². The summed E-state index contributed by atoms with van der Waals surface area (Å²) in [5.74, 6) is -0.131. The molecule has 0 spiro atoms. The second-order valence-corrected chi connectivity index (χ2v) is 5.37. The molecule has 0 aliphatic heterocycles. The minimum atomic E-state index is -0.131. The van der Waals surface area contributed by atoms with Crippen LogP contribution in [0.25, 0.3) is 10.9 Å². The Morgan fingerprint density at radius 2 is 2.18 bits per heavy atom. The molecule has 0 bridgehead atoms. The first-order valence-electron chi connectivity index (χ1n) is 7.16. The molecule has 0 saturated carbocycles. The molecule has 0 radical (unpaired) electrons. The van der Waals surface area contributed by atoms with Gasteiger partial charge in [0.15, 0.2) is 0 Å². The van der Waals surface area contributed by atoms with Crippen molar-refractivity contribution in [3.05, 3.63) is 59.0 Å². The van der Waals surface area contributed by atoms with Crippen molar-refractivity contribution in [2.75, 3.05) is 0 Å². The number of carbonyl (C=O) groups excluding carboxylic acids is 1. The van der Waals surface area contributed by atoms with Crippen molar-refractivity contribution in [1.82, 2.24) is 15.4 Å². The maximum Gasteiger partial charge on any atom is 0.244 e. The van der Waals surface area contributed by atoms with E-state index in [2.05, 4.69) is 32.6 Å². The smallest absolute Gasteiger partial charge is 0.244 e. The largest absolute Gasteiger partial charge is 0.360 e. The predicted molar refractivity (Wildman–Crippen MR) is 88.0 cm³/mol. The molecule has 5 nitrogen and oxygen atoms in total. The van der Waals surface area contributed by atoms with E-state index in [1.807, 2.05) is 32.0 Å². The second-order valence-electron chi connectivity index (χ2n) is 5.37. The van der Waals surface area contributed by atoms with Gasteiger partial charge in [0.25, 0.3) is 0 Å². The Morgan fingerprint density at radius 3 is 2.95 bits per heavy atom. The van der Waals surface area contributed by atoms with Gasteiger partial charge in [0.2, 0.25) is 5.91 Å². The van der Waals surface area contributed by atoms with E-state index in [4.69, 9.17) is 0 Å². The maximum absolute atomic E-state index is 12.1. The number of aromatic amines is 2. The van der Waals surface area contributed by atoms with E-state index in [1.165, 1.54) is 5.56 Å². The molecule has 2 aromatic heterocycles. The zero-order chi connectivity index (χ0) is 15.5. The molecule has 0 atom stereocenters. The van der Waals surface area contributed by atoms with Gasteiger partial charge in [-0.3, -0.25) is 4.79 Å². The molecule has 0 saturated heterocycles. The van der Waals surface area contributed by atoms with Crippen LogP contribution in [0.15, 0.2) is 41.6 Å². The van der Waals surface area contributed by atoms with Gasteiger partial charge in [-0.1, -0.05) is 11.6 Å². The number of benzene rings is 1. The lowest BCUT2D eigenvalue weighted by atomic mass is 10.1. The molecule has 3 rings (SSSR count). The van der Waals surface area contributed by atoms with Gasteiger partial charge in [-0.05, 0) is 43.7 Å². The van der Waals surface area contributed by atoms with Gasteiger partial charge in [0.05, 0.1) is 18.3 Å². The average Bonchev–Trinajstić information content (AvgIpc) is 3.09. The summed E-state index contributed by atoms with van der Waals surface area (Å²) in [5.41, 5.74) is 7.68. The number of hydrazone groups is 1. The van der Waals surface area contributed by atoms with Gasteiger partial charge >= 0.3 is 0 Å². The third kappa shape index (κ3) is 2.93. The Hall–Kier alpha value is -2.82. The number of rotatable bonds is 4. The van der Waals surface area contributed by atoms with Gasteiger partial charge in [-0.15, -0.1) is 0 Å². The van der Waals surface area contributed by atoms with Crippen LogP contribution in [0.1, 0.15) is 22.5 Å². The number of carbonyl (C=O) groups is 1. The molecule has 0 fully saturated rings. The predicted octanol–water partition coefficient (Wildman–Crippen LogP) is 2.81. The Morgan fingerprint density at radius 1 is 1.32 bits per heavy atom. The lowest BCUT2D eigenvalue weighted by molar-refractivity contribution is -0.120. The van der Waals surface area contributed by atoms with Crippen molar-refractivity contribution in [2.24, 2.45) is 5.10 Å². The first-order chi connectivity index (χ1) is 10.6. The van der Waals surface area contributed by atoms with Crippen molar-refractivity contribution in [2.45, 2.75) is 20.3 Å². The van der Waals surface area contributed by atoms with Gasteiger partial charge < -0.3 is 9.97 Å². The van der Waals surface area contributed by atoms with Gasteiger partial charge in [-0.25, -0.2) is 5.43 Å². The summed E-state index contributed by atoms with van der Waals surface area (Å²) in [5, 5.41) is 5.05. The van der Waals surface area contributed by atoms with E-state index in [0.717, 1.165) is 27.9 Å². The molecule has 3 N–H and O–H groups in total. The van der Waals surface area contributed by atoms with Crippen LogP contribution in [0.4, 0.5) is 0 Å². The molecular weight excluding hydrogens is 276 g/mol. The number of hydrogen-bond acceptors (Lipinski definition) is 2. The lowest BCUT2D eigenvalue weighted by Crippen LogP contribution is -2.20. The summed E-state index contributed by atoms with van der Waals surface area (Å²) in [6, 6.07) is 9.96. The highest BCUT2D eigenvalue weighted by atomic mass is 16.2. The van der Waals surface area contributed by atoms with Crippen LogP contribution in [0.3, 0.4) is 0 Å². The summed E-state index contributed by atoms with van der Waals surface area (Å²) in [6.45, 7) is 4.03. The topological polar surface area (TPSA) is 73.0 Å². The normalized spacial score (nSPS) is 11.4. The Kier molecular flexibility index (Phi) is 3.78. The van der Waals surface area contributed by atoms with E-state index >= 15 is 0 Å². The number of amides is 1. The first kappa shape index (κ1) is 14.1. The Bertz CT molecular complexity index is 828. The zero-order valence-electron chi connectivity index (χ0n) is 12.6. The SMILES string of the molecule is Cc1ccc2[nH]c(C)c(CC(=O)N/N=C\c3ccc[nH]3)c2c1. The van der Waals surface area contributed by atoms with Crippen LogP contribution in [0.5, 0.6) is 0 Å². The number of nitrogens with one attached hydrogen (secondary N) is 3. The number of aryl methyl sites for hydroxylation is 2. The highest BCUT2D eigenvalue weighted by Crippen LogP contribution is 2.23. The second kappa shape index (κ2) is 5.89. The Labute approximate surface area is 128 Å². The fourth-order valence-electron chi connectivity index (χ4n) is 2.52. The van der Waals surface area contributed by atoms with Crippen LogP contribution in [0.2, 0.25) is 0 Å². The number of nitrogens with zero attached hydrogens (tertiary/aromatic N) is 1. The molecule has 112 valence electrons. The fraction of sp³-hybridized carbons (Fsp3) is 0.176. The molecule has 22 heavy (non-hydrogen) atoms. The first-order valence-corrected chi connectivity index (χ1v) is 7.16. The minimum Gasteiger partial charge on any atom is -0.360 e. The van der Waals surface area contributed by atoms with Crippen molar-refractivity contribution >= 4 is 23.0 Å². The van der Waals surface area contributed by atoms with E-state index in [1.54, 1.807) is 12.4 Å². The van der Waals surface area contributed by atoms with Gasteiger partial charge in [0, 0.05) is 22.8 Å². The van der Waals surface area contributed by atoms with Gasteiger partial charge in [-0.2, -0.15) is 5.10 Å². The van der Waals surface area contributed by atoms with E-state index < -0.39 is 0 Å². The highest BCUT2D eigenvalue weighted by Gasteiger charge is 2.12. The summed E-state index contributed by atoms with van der Waals surface area (Å²) >= 11 is 0. The maximum atomic E-state index is 12.1. The molecular formula is C17H18N4O. The summed E-state index contributed by atoms with van der Waals surface area (Å²) in [4.78, 5) is 18.4. The summed E-state index contributed by atoms with van der Waals surface area (Å²) in [7, 11) is 0. The fourth-order valence-corrected chi connectivity index (χ4v) is 2.52. The lowest BCUT2D eigenvalue weighted by Gasteiger charge is -2.01. The summed E-state index contributed by atoms with van der Waals surface area (Å²) < 4.78 is 0. The van der Waals surface area contributed by atoms with Crippen molar-refractivity contribution in [3.63, 3.8) is 0 Å². The molecule has 2 heterocycles. The minimum absolute atomic E-state index is 0.131. The van der Waals surface area contributed by atoms with E-state index in [9.17, 15) is 4.79 Å². The molecule has 0 aliphatic carbocycles. The standard InChI is InChI=1S/C17H18N4O/c1-11-5-6-16-15(8-11)14(12(2)20-16)9-17(22)21-19-10-13-4-3-7-18-13/h3-8,10,18,20H,9H2,1-2H3,(H,21,22)/b19-10-. The van der Waals surface area contributed by atoms with Crippen LogP contribution in [-0.4, -0.2) is 22.1 Å².